The molecule has 0 saturated carbocycles. The van der Waals surface area contributed by atoms with Gasteiger partial charge in [0.1, 0.15) is 0 Å². The lowest BCUT2D eigenvalue weighted by Crippen LogP contribution is -2.39. The second-order valence-electron chi connectivity index (χ2n) is 6.07. The Bertz CT molecular complexity index is 905. The minimum atomic E-state index is -0.437. The molecular formula is C23H23ClN2O2S. The molecular weight excluding hydrogens is 404 g/mol. The number of amides is 2. The topological polar surface area (TPSA) is 58.2 Å². The smallest absolute Gasteiger partial charge is 0.251 e. The van der Waals surface area contributed by atoms with Gasteiger partial charge in [-0.25, -0.2) is 0 Å². The Hall–Kier alpha value is -2.76. The number of hydrogen-bond acceptors (Lipinski definition) is 3. The zero-order valence-electron chi connectivity index (χ0n) is 16.2. The van der Waals surface area contributed by atoms with Crippen molar-refractivity contribution in [1.82, 2.24) is 10.6 Å². The van der Waals surface area contributed by atoms with Gasteiger partial charge in [-0.2, -0.15) is 0 Å². The van der Waals surface area contributed by atoms with Crippen molar-refractivity contribution in [2.45, 2.75) is 10.9 Å². The molecule has 0 saturated heterocycles. The number of nitrogens with one attached hydrogen (secondary N) is 2. The number of rotatable bonds is 9. The second kappa shape index (κ2) is 11.3. The van der Waals surface area contributed by atoms with Crippen LogP contribution in [0.4, 0.5) is 0 Å². The summed E-state index contributed by atoms with van der Waals surface area (Å²) < 4.78 is 0. The summed E-state index contributed by atoms with van der Waals surface area (Å²) in [5.74, 6) is -0.628. The van der Waals surface area contributed by atoms with Crippen LogP contribution in [0.1, 0.15) is 22.0 Å². The highest BCUT2D eigenvalue weighted by Gasteiger charge is 2.18. The number of carbonyl (C=O) groups is 2. The third-order valence-electron chi connectivity index (χ3n) is 4.15. The van der Waals surface area contributed by atoms with Crippen molar-refractivity contribution < 1.29 is 9.59 Å². The van der Waals surface area contributed by atoms with Crippen molar-refractivity contribution in [1.29, 1.82) is 0 Å². The van der Waals surface area contributed by atoms with E-state index in [1.54, 1.807) is 54.3 Å². The summed E-state index contributed by atoms with van der Waals surface area (Å²) in [6.45, 7) is 7.37. The molecule has 0 aliphatic rings. The van der Waals surface area contributed by atoms with Crippen molar-refractivity contribution in [3.05, 3.63) is 102 Å². The van der Waals surface area contributed by atoms with Gasteiger partial charge in [-0.05, 0) is 53.8 Å². The van der Waals surface area contributed by atoms with E-state index < -0.39 is 6.04 Å². The first-order valence-electron chi connectivity index (χ1n) is 8.90. The van der Waals surface area contributed by atoms with E-state index in [-0.39, 0.29) is 18.4 Å². The van der Waals surface area contributed by atoms with Crippen molar-refractivity contribution >= 4 is 35.2 Å². The van der Waals surface area contributed by atoms with Gasteiger partial charge in [0.15, 0.2) is 0 Å². The number of benzene rings is 2. The highest BCUT2D eigenvalue weighted by molar-refractivity contribution is 7.98. The Labute approximate surface area is 180 Å². The molecule has 2 amide bonds. The number of hydrogen-bond donors (Lipinski definition) is 2. The van der Waals surface area contributed by atoms with Crippen LogP contribution >= 0.6 is 23.4 Å². The lowest BCUT2D eigenvalue weighted by Gasteiger charge is -2.21. The number of allylic oxidation sites excluding steroid dienone is 2. The Morgan fingerprint density at radius 1 is 1.10 bits per heavy atom. The monoisotopic (exact) mass is 426 g/mol. The van der Waals surface area contributed by atoms with E-state index in [9.17, 15) is 9.59 Å². The maximum Gasteiger partial charge on any atom is 0.251 e. The van der Waals surface area contributed by atoms with E-state index in [4.69, 9.17) is 11.6 Å². The Kier molecular flexibility index (Phi) is 8.77. The van der Waals surface area contributed by atoms with Crippen molar-refractivity contribution in [3.63, 3.8) is 0 Å². The van der Waals surface area contributed by atoms with Crippen molar-refractivity contribution in [2.75, 3.05) is 12.8 Å². The lowest BCUT2D eigenvalue weighted by molar-refractivity contribution is -0.120. The molecule has 0 aliphatic heterocycles. The normalized spacial score (nSPS) is 12.0. The summed E-state index contributed by atoms with van der Waals surface area (Å²) in [7, 11) is 0. The van der Waals surface area contributed by atoms with Crippen molar-refractivity contribution in [3.8, 4) is 0 Å². The molecule has 0 fully saturated rings. The van der Waals surface area contributed by atoms with Gasteiger partial charge in [-0.1, -0.05) is 55.1 Å². The van der Waals surface area contributed by atoms with Crippen LogP contribution in [-0.4, -0.2) is 24.6 Å². The zero-order chi connectivity index (χ0) is 21.2. The third-order valence-corrected chi connectivity index (χ3v) is 5.15. The van der Waals surface area contributed by atoms with Gasteiger partial charge >= 0.3 is 0 Å². The van der Waals surface area contributed by atoms with E-state index in [0.717, 1.165) is 16.0 Å². The van der Waals surface area contributed by atoms with Gasteiger partial charge in [0, 0.05) is 15.5 Å². The predicted octanol–water partition coefficient (Wildman–Crippen LogP) is 4.95. The molecule has 1 unspecified atom stereocenters. The van der Waals surface area contributed by atoms with Crippen LogP contribution in [-0.2, 0) is 4.79 Å². The molecule has 150 valence electrons. The summed E-state index contributed by atoms with van der Waals surface area (Å²) in [5.41, 5.74) is 2.12. The largest absolute Gasteiger partial charge is 0.344 e. The standard InChI is InChI=1S/C23H23ClN2O2S/c1-4-6-16(5-2)22(17-7-11-19(24)12-8-17)26-21(27)15-25-23(28)18-9-13-20(29-3)14-10-18/h4-14,22H,1-2,15H2,3H3,(H,25,28)(H,26,27)/b16-6+. The van der Waals surface area contributed by atoms with E-state index >= 15 is 0 Å². The minimum absolute atomic E-state index is 0.147. The Morgan fingerprint density at radius 2 is 1.76 bits per heavy atom. The predicted molar refractivity (Wildman–Crippen MR) is 121 cm³/mol. The lowest BCUT2D eigenvalue weighted by atomic mass is 9.98. The molecule has 6 heteroatoms. The number of halogens is 1. The van der Waals surface area contributed by atoms with Gasteiger partial charge < -0.3 is 10.6 Å². The first-order valence-corrected chi connectivity index (χ1v) is 10.5. The van der Waals surface area contributed by atoms with Crippen LogP contribution in [0, 0.1) is 0 Å². The van der Waals surface area contributed by atoms with E-state index in [0.29, 0.717) is 10.6 Å². The molecule has 1 atom stereocenters. The molecule has 0 spiro atoms. The fourth-order valence-electron chi connectivity index (χ4n) is 2.65. The minimum Gasteiger partial charge on any atom is -0.344 e. The van der Waals surface area contributed by atoms with Gasteiger partial charge in [0.05, 0.1) is 12.6 Å². The molecule has 4 nitrogen and oxygen atoms in total. The summed E-state index contributed by atoms with van der Waals surface area (Å²) in [6.07, 6.45) is 7.03. The third kappa shape index (κ3) is 6.66. The quantitative estimate of drug-likeness (QED) is 0.440. The molecule has 2 rings (SSSR count). The van der Waals surface area contributed by atoms with Gasteiger partial charge in [0.2, 0.25) is 5.91 Å². The molecule has 0 bridgehead atoms. The van der Waals surface area contributed by atoms with Crippen LogP contribution in [0.5, 0.6) is 0 Å². The number of carbonyl (C=O) groups excluding carboxylic acids is 2. The maximum atomic E-state index is 12.5. The Balaban J connectivity index is 2.07. The summed E-state index contributed by atoms with van der Waals surface area (Å²) >= 11 is 7.57. The van der Waals surface area contributed by atoms with E-state index in [2.05, 4.69) is 23.8 Å². The first-order chi connectivity index (χ1) is 14.0. The Morgan fingerprint density at radius 3 is 2.31 bits per heavy atom. The molecule has 2 aromatic rings. The van der Waals surface area contributed by atoms with Crippen LogP contribution in [0.15, 0.2) is 90.4 Å². The SMILES string of the molecule is C=C/C=C(\C=C)C(NC(=O)CNC(=O)c1ccc(SC)cc1)c1ccc(Cl)cc1. The summed E-state index contributed by atoms with van der Waals surface area (Å²) in [6, 6.07) is 13.9. The van der Waals surface area contributed by atoms with E-state index in [1.807, 2.05) is 30.5 Å². The molecule has 2 N–H and O–H groups in total. The molecule has 0 heterocycles. The molecule has 29 heavy (non-hydrogen) atoms. The van der Waals surface area contributed by atoms with Crippen LogP contribution < -0.4 is 10.6 Å². The first kappa shape index (κ1) is 22.5. The maximum absolute atomic E-state index is 12.5. The number of thioether (sulfide) groups is 1. The zero-order valence-corrected chi connectivity index (χ0v) is 17.7. The second-order valence-corrected chi connectivity index (χ2v) is 7.39. The van der Waals surface area contributed by atoms with Crippen LogP contribution in [0.3, 0.4) is 0 Å². The van der Waals surface area contributed by atoms with Gasteiger partial charge in [0.25, 0.3) is 5.91 Å². The fraction of sp³-hybridized carbons (Fsp3) is 0.130. The highest BCUT2D eigenvalue weighted by Crippen LogP contribution is 2.24. The fourth-order valence-corrected chi connectivity index (χ4v) is 3.18. The van der Waals surface area contributed by atoms with Gasteiger partial charge in [-0.3, -0.25) is 9.59 Å². The van der Waals surface area contributed by atoms with Gasteiger partial charge in [-0.15, -0.1) is 11.8 Å². The van der Waals surface area contributed by atoms with Crippen LogP contribution in [0.2, 0.25) is 5.02 Å². The molecule has 0 aliphatic carbocycles. The van der Waals surface area contributed by atoms with E-state index in [1.165, 1.54) is 0 Å². The van der Waals surface area contributed by atoms with Crippen molar-refractivity contribution in [2.24, 2.45) is 0 Å². The molecule has 0 aromatic heterocycles. The average molecular weight is 427 g/mol. The molecule has 0 radical (unpaired) electrons. The highest BCUT2D eigenvalue weighted by atomic mass is 35.5. The van der Waals surface area contributed by atoms with Crippen LogP contribution in [0.25, 0.3) is 0 Å². The molecule has 2 aromatic carbocycles. The summed E-state index contributed by atoms with van der Waals surface area (Å²) in [4.78, 5) is 25.9. The average Bonchev–Trinajstić information content (AvgIpc) is 2.75. The summed E-state index contributed by atoms with van der Waals surface area (Å²) in [5, 5.41) is 6.18.